The Bertz CT molecular complexity index is 284. The van der Waals surface area contributed by atoms with Gasteiger partial charge in [-0.05, 0) is 0 Å². The molecule has 2 saturated carbocycles. The molecular formula is C12H20N2O4Pt. The summed E-state index contributed by atoms with van der Waals surface area (Å²) >= 11 is 0. The van der Waals surface area contributed by atoms with E-state index in [4.69, 9.17) is 21.7 Å². The zero-order chi connectivity index (χ0) is 13.7. The molecule has 2 unspecified atom stereocenters. The van der Waals surface area contributed by atoms with E-state index in [-0.39, 0.29) is 46.0 Å². The van der Waals surface area contributed by atoms with Crippen molar-refractivity contribution < 1.29 is 40.9 Å². The maximum absolute atomic E-state index is 10.5. The van der Waals surface area contributed by atoms with Crippen molar-refractivity contribution in [3.63, 3.8) is 0 Å². The molecule has 0 aliphatic heterocycles. The van der Waals surface area contributed by atoms with Crippen molar-refractivity contribution in [1.29, 1.82) is 0 Å². The zero-order valence-electron chi connectivity index (χ0n) is 10.6. The fraction of sp³-hybridized carbons (Fsp3) is 0.833. The van der Waals surface area contributed by atoms with Crippen molar-refractivity contribution in [3.8, 4) is 0 Å². The molecule has 2 aliphatic rings. The van der Waals surface area contributed by atoms with Crippen LogP contribution >= 0.6 is 0 Å². The van der Waals surface area contributed by atoms with E-state index in [1.807, 2.05) is 0 Å². The summed E-state index contributed by atoms with van der Waals surface area (Å²) in [7, 11) is 0. The maximum atomic E-state index is 10.5. The molecule has 0 radical (unpaired) electrons. The van der Waals surface area contributed by atoms with Gasteiger partial charge in [-0.25, -0.2) is 0 Å². The molecule has 4 N–H and O–H groups in total. The van der Waals surface area contributed by atoms with E-state index in [1.165, 1.54) is 12.8 Å². The van der Waals surface area contributed by atoms with Gasteiger partial charge in [0.1, 0.15) is 0 Å². The second-order valence-electron chi connectivity index (χ2n) is 4.89. The number of hydrogen-bond donors (Lipinski definition) is 2. The minimum atomic E-state index is -1.05. The fourth-order valence-corrected chi connectivity index (χ4v) is 2.01. The van der Waals surface area contributed by atoms with E-state index in [9.17, 15) is 9.59 Å². The van der Waals surface area contributed by atoms with Gasteiger partial charge < -0.3 is 21.7 Å². The van der Waals surface area contributed by atoms with Crippen LogP contribution in [-0.4, -0.2) is 46.1 Å². The first-order valence-corrected chi connectivity index (χ1v) is 6.26. The van der Waals surface area contributed by atoms with Gasteiger partial charge in [-0.2, -0.15) is 12.1 Å². The molecule has 0 aromatic carbocycles. The summed E-state index contributed by atoms with van der Waals surface area (Å²) in [6, 6.07) is -0.160. The largest absolute Gasteiger partial charge is 2.00 e. The van der Waals surface area contributed by atoms with Gasteiger partial charge in [0.05, 0.1) is 12.2 Å². The van der Waals surface area contributed by atoms with E-state index < -0.39 is 23.8 Å². The zero-order valence-corrected chi connectivity index (χ0v) is 12.9. The van der Waals surface area contributed by atoms with Gasteiger partial charge in [0.15, 0.2) is 0 Å². The van der Waals surface area contributed by atoms with Gasteiger partial charge in [0, 0.05) is 12.8 Å². The average molecular weight is 451 g/mol. The van der Waals surface area contributed by atoms with Crippen molar-refractivity contribution in [2.45, 2.75) is 62.8 Å². The quantitative estimate of drug-likeness (QED) is 0.535. The van der Waals surface area contributed by atoms with Crippen LogP contribution in [0.3, 0.4) is 0 Å². The van der Waals surface area contributed by atoms with E-state index in [0.29, 0.717) is 0 Å². The molecule has 4 atom stereocenters. The summed E-state index contributed by atoms with van der Waals surface area (Å²) in [5.41, 5.74) is 14.6. The number of ketones is 2. The molecule has 112 valence electrons. The van der Waals surface area contributed by atoms with Gasteiger partial charge in [0.2, 0.25) is 11.6 Å². The van der Waals surface area contributed by atoms with Gasteiger partial charge in [0.25, 0.3) is 0 Å². The van der Waals surface area contributed by atoms with E-state index in [0.717, 1.165) is 12.8 Å². The Morgan fingerprint density at radius 2 is 1.16 bits per heavy atom. The number of rotatable bonds is 0. The van der Waals surface area contributed by atoms with Gasteiger partial charge >= 0.3 is 21.1 Å². The number of nitrogens with one attached hydrogen (secondary N) is 2. The summed E-state index contributed by atoms with van der Waals surface area (Å²) in [6.45, 7) is 0. The molecule has 0 aromatic rings. The Morgan fingerprint density at radius 1 is 0.842 bits per heavy atom. The molecule has 2 aliphatic carbocycles. The molecular weight excluding hydrogens is 431 g/mol. The van der Waals surface area contributed by atoms with E-state index in [1.54, 1.807) is 0 Å². The SMILES string of the molecule is O=C1CC(O)C(O)CC1=O.[NH-][C@@H]1CCCC[C@H]1[NH-].[Pt+2]. The number of carbonyl (C=O) groups is 2. The number of carbonyl (C=O) groups excluding carboxylic acids is 2. The summed E-state index contributed by atoms with van der Waals surface area (Å²) in [5, 5.41) is 17.7. The normalized spacial score (nSPS) is 34.9. The van der Waals surface area contributed by atoms with Crippen LogP contribution in [-0.2, 0) is 30.7 Å². The summed E-state index contributed by atoms with van der Waals surface area (Å²) in [4.78, 5) is 21.1. The first kappa shape index (κ1) is 18.9. The number of aliphatic hydroxyl groups is 2. The molecule has 0 saturated heterocycles. The van der Waals surface area contributed by atoms with Crippen LogP contribution < -0.4 is 0 Å². The monoisotopic (exact) mass is 451 g/mol. The molecule has 2 rings (SSSR count). The van der Waals surface area contributed by atoms with Crippen molar-refractivity contribution in [2.24, 2.45) is 0 Å². The Morgan fingerprint density at radius 3 is 1.42 bits per heavy atom. The fourth-order valence-electron chi connectivity index (χ4n) is 2.01. The predicted molar refractivity (Wildman–Crippen MR) is 65.9 cm³/mol. The Labute approximate surface area is 127 Å². The van der Waals surface area contributed by atoms with Crippen LogP contribution in [0.2, 0.25) is 0 Å². The van der Waals surface area contributed by atoms with Crippen LogP contribution in [0.25, 0.3) is 11.5 Å². The average Bonchev–Trinajstić information content (AvgIpc) is 2.31. The topological polar surface area (TPSA) is 122 Å². The Balaban J connectivity index is 0.000000331. The van der Waals surface area contributed by atoms with Crippen LogP contribution in [0.15, 0.2) is 0 Å². The molecule has 7 heteroatoms. The van der Waals surface area contributed by atoms with Crippen LogP contribution in [0, 0.1) is 0 Å². The third-order valence-electron chi connectivity index (χ3n) is 3.31. The number of aliphatic hydroxyl groups excluding tert-OH is 2. The van der Waals surface area contributed by atoms with Gasteiger partial charge in [-0.15, -0.1) is 0 Å². The standard InChI is InChI=1S/C6H12N2.C6H8O4.Pt/c7-5-3-1-2-4-6(5)8;7-3-1-4(8)6(10)2-5(3)9;/h5-8H,1-4H2;3,5,7,9H,1-2H2;/q-2;;+2/t5-,6-;;/m1../s1. The molecule has 2 fully saturated rings. The summed E-state index contributed by atoms with van der Waals surface area (Å²) in [5.74, 6) is -1.17. The molecule has 0 aromatic heterocycles. The van der Waals surface area contributed by atoms with Crippen LogP contribution in [0.4, 0.5) is 0 Å². The van der Waals surface area contributed by atoms with Gasteiger partial charge in [-0.3, -0.25) is 9.59 Å². The molecule has 6 nitrogen and oxygen atoms in total. The van der Waals surface area contributed by atoms with Crippen molar-refractivity contribution in [2.75, 3.05) is 0 Å². The third-order valence-corrected chi connectivity index (χ3v) is 3.31. The second kappa shape index (κ2) is 8.92. The second-order valence-corrected chi connectivity index (χ2v) is 4.89. The minimum absolute atomic E-state index is 0. The smallest absolute Gasteiger partial charge is 0.676 e. The molecule has 0 amide bonds. The Kier molecular flexibility index (Phi) is 8.86. The molecule has 19 heavy (non-hydrogen) atoms. The van der Waals surface area contributed by atoms with Crippen LogP contribution in [0.1, 0.15) is 38.5 Å². The first-order chi connectivity index (χ1) is 8.41. The number of Topliss-reactive ketones (excluding diaryl/α,β-unsaturated/α-hetero) is 2. The molecule has 0 spiro atoms. The van der Waals surface area contributed by atoms with E-state index in [2.05, 4.69) is 0 Å². The first-order valence-electron chi connectivity index (χ1n) is 6.26. The van der Waals surface area contributed by atoms with Gasteiger partial charge in [-0.1, -0.05) is 25.7 Å². The molecule has 0 heterocycles. The third kappa shape index (κ3) is 6.23. The predicted octanol–water partition coefficient (Wildman–Crippen LogP) is 1.04. The summed E-state index contributed by atoms with van der Waals surface area (Å²) in [6.07, 6.45) is 1.67. The Hall–Kier alpha value is -0.132. The number of hydrogen-bond acceptors (Lipinski definition) is 4. The molecule has 0 bridgehead atoms. The van der Waals surface area contributed by atoms with Crippen LogP contribution in [0.5, 0.6) is 0 Å². The summed E-state index contributed by atoms with van der Waals surface area (Å²) < 4.78 is 0. The van der Waals surface area contributed by atoms with E-state index >= 15 is 0 Å². The van der Waals surface area contributed by atoms with Crippen molar-refractivity contribution >= 4 is 11.6 Å². The van der Waals surface area contributed by atoms with Crippen molar-refractivity contribution in [3.05, 3.63) is 11.5 Å². The minimum Gasteiger partial charge on any atom is -0.676 e. The van der Waals surface area contributed by atoms with Crippen molar-refractivity contribution in [1.82, 2.24) is 0 Å². The maximum Gasteiger partial charge on any atom is 2.00 e.